The van der Waals surface area contributed by atoms with Crippen molar-refractivity contribution < 1.29 is 4.79 Å². The number of carbonyl (C=O) groups is 1. The second-order valence-corrected chi connectivity index (χ2v) is 4.82. The Hall–Kier alpha value is -0.800. The van der Waals surface area contributed by atoms with Crippen LogP contribution < -0.4 is 5.32 Å². The van der Waals surface area contributed by atoms with Crippen LogP contribution in [0.3, 0.4) is 0 Å². The largest absolute Gasteiger partial charge is 0.349 e. The highest BCUT2D eigenvalue weighted by atomic mass is 35.5. The third-order valence-electron chi connectivity index (χ3n) is 2.71. The Morgan fingerprint density at radius 2 is 2.00 bits per heavy atom. The number of carbonyl (C=O) groups excluding carboxylic acids is 1. The lowest BCUT2D eigenvalue weighted by atomic mass is 10.1. The zero-order valence-electron chi connectivity index (χ0n) is 10.4. The Balaban J connectivity index is 3.14. The third kappa shape index (κ3) is 3.11. The molecule has 3 nitrogen and oxygen atoms in total. The second-order valence-electron chi connectivity index (χ2n) is 4.08. The van der Waals surface area contributed by atoms with Gasteiger partial charge >= 0.3 is 0 Å². The van der Waals surface area contributed by atoms with Gasteiger partial charge in [0.1, 0.15) is 5.15 Å². The fourth-order valence-electron chi connectivity index (χ4n) is 1.45. The van der Waals surface area contributed by atoms with Crippen LogP contribution in [0.2, 0.25) is 10.2 Å². The van der Waals surface area contributed by atoms with Gasteiger partial charge in [-0.3, -0.25) is 4.79 Å². The van der Waals surface area contributed by atoms with E-state index in [1.807, 2.05) is 13.8 Å². The summed E-state index contributed by atoms with van der Waals surface area (Å²) in [7, 11) is 0. The number of amides is 1. The molecular weight excluding hydrogens is 259 g/mol. The fraction of sp³-hybridized carbons (Fsp3) is 0.500. The van der Waals surface area contributed by atoms with Crippen LogP contribution in [0.15, 0.2) is 0 Å². The zero-order chi connectivity index (χ0) is 13.2. The van der Waals surface area contributed by atoms with E-state index in [-0.39, 0.29) is 17.1 Å². The van der Waals surface area contributed by atoms with Gasteiger partial charge in [0.25, 0.3) is 5.91 Å². The summed E-state index contributed by atoms with van der Waals surface area (Å²) < 4.78 is 0. The van der Waals surface area contributed by atoms with Crippen molar-refractivity contribution in [1.29, 1.82) is 0 Å². The number of aryl methyl sites for hydroxylation is 1. The Morgan fingerprint density at radius 3 is 2.53 bits per heavy atom. The lowest BCUT2D eigenvalue weighted by Gasteiger charge is -2.15. The van der Waals surface area contributed by atoms with Crippen molar-refractivity contribution in [3.8, 4) is 0 Å². The van der Waals surface area contributed by atoms with Crippen LogP contribution in [-0.4, -0.2) is 16.9 Å². The number of hydrogen-bond donors (Lipinski definition) is 1. The first-order valence-electron chi connectivity index (χ1n) is 5.51. The molecule has 0 unspecified atom stereocenters. The number of rotatable bonds is 3. The van der Waals surface area contributed by atoms with Crippen LogP contribution in [0, 0.1) is 13.8 Å². The van der Waals surface area contributed by atoms with E-state index in [1.54, 1.807) is 13.8 Å². The monoisotopic (exact) mass is 274 g/mol. The van der Waals surface area contributed by atoms with E-state index in [2.05, 4.69) is 10.3 Å². The molecule has 1 aromatic rings. The molecule has 0 saturated carbocycles. The minimum Gasteiger partial charge on any atom is -0.349 e. The summed E-state index contributed by atoms with van der Waals surface area (Å²) >= 11 is 12.1. The summed E-state index contributed by atoms with van der Waals surface area (Å²) in [4.78, 5) is 16.1. The molecule has 0 spiro atoms. The first kappa shape index (κ1) is 14.3. The Kier molecular flexibility index (Phi) is 4.78. The maximum Gasteiger partial charge on any atom is 0.254 e. The predicted octanol–water partition coefficient (Wildman–Crippen LogP) is 3.53. The minimum absolute atomic E-state index is 0.0954. The maximum atomic E-state index is 12.0. The van der Waals surface area contributed by atoms with E-state index in [4.69, 9.17) is 23.2 Å². The molecule has 0 aliphatic rings. The summed E-state index contributed by atoms with van der Waals surface area (Å²) in [6.07, 6.45) is 0.857. The number of pyridine rings is 1. The van der Waals surface area contributed by atoms with Crippen molar-refractivity contribution in [3.05, 3.63) is 27.0 Å². The van der Waals surface area contributed by atoms with Crippen LogP contribution in [0.25, 0.3) is 0 Å². The third-order valence-corrected chi connectivity index (χ3v) is 3.54. The second kappa shape index (κ2) is 5.69. The summed E-state index contributed by atoms with van der Waals surface area (Å²) in [6.45, 7) is 7.47. The number of hydrogen-bond acceptors (Lipinski definition) is 2. The highest BCUT2D eigenvalue weighted by molar-refractivity contribution is 6.35. The molecule has 0 radical (unpaired) electrons. The molecular formula is C12H16Cl2N2O. The van der Waals surface area contributed by atoms with Gasteiger partial charge in [0, 0.05) is 6.04 Å². The molecule has 1 amide bonds. The number of nitrogens with one attached hydrogen (secondary N) is 1. The van der Waals surface area contributed by atoms with Crippen LogP contribution in [0.4, 0.5) is 0 Å². The topological polar surface area (TPSA) is 42.0 Å². The fourth-order valence-corrected chi connectivity index (χ4v) is 1.94. The van der Waals surface area contributed by atoms with Crippen LogP contribution in [0.5, 0.6) is 0 Å². The maximum absolute atomic E-state index is 12.0. The van der Waals surface area contributed by atoms with Gasteiger partial charge < -0.3 is 5.32 Å². The Labute approximate surface area is 112 Å². The molecule has 5 heteroatoms. The van der Waals surface area contributed by atoms with E-state index in [1.165, 1.54) is 0 Å². The molecule has 0 fully saturated rings. The number of halogens is 2. The zero-order valence-corrected chi connectivity index (χ0v) is 11.9. The molecule has 94 valence electrons. The van der Waals surface area contributed by atoms with E-state index in [0.29, 0.717) is 21.8 Å². The Bertz CT molecular complexity index is 447. The van der Waals surface area contributed by atoms with Crippen molar-refractivity contribution in [2.24, 2.45) is 0 Å². The number of aromatic nitrogens is 1. The standard InChI is InChI=1S/C12H16Cl2N2O/c1-5-6(2)15-12(17)9-7(3)10(13)8(4)16-11(9)14/h6H,5H2,1-4H3,(H,15,17)/t6-/m0/s1. The van der Waals surface area contributed by atoms with E-state index in [0.717, 1.165) is 6.42 Å². The molecule has 1 N–H and O–H groups in total. The van der Waals surface area contributed by atoms with Crippen molar-refractivity contribution in [2.45, 2.75) is 40.2 Å². The van der Waals surface area contributed by atoms with Gasteiger partial charge in [0.05, 0.1) is 16.3 Å². The van der Waals surface area contributed by atoms with Crippen molar-refractivity contribution in [3.63, 3.8) is 0 Å². The van der Waals surface area contributed by atoms with Gasteiger partial charge in [-0.25, -0.2) is 4.98 Å². The lowest BCUT2D eigenvalue weighted by Crippen LogP contribution is -2.32. The van der Waals surface area contributed by atoms with E-state index >= 15 is 0 Å². The van der Waals surface area contributed by atoms with Crippen molar-refractivity contribution >= 4 is 29.1 Å². The molecule has 1 aromatic heterocycles. The normalized spacial score (nSPS) is 12.4. The molecule has 1 rings (SSSR count). The van der Waals surface area contributed by atoms with Crippen molar-refractivity contribution in [2.75, 3.05) is 0 Å². The highest BCUT2D eigenvalue weighted by Crippen LogP contribution is 2.27. The van der Waals surface area contributed by atoms with Gasteiger partial charge in [0.2, 0.25) is 0 Å². The summed E-state index contributed by atoms with van der Waals surface area (Å²) in [5.41, 5.74) is 1.67. The molecule has 1 heterocycles. The molecule has 1 atom stereocenters. The molecule has 17 heavy (non-hydrogen) atoms. The average molecular weight is 275 g/mol. The van der Waals surface area contributed by atoms with Crippen LogP contribution in [0.1, 0.15) is 41.9 Å². The summed E-state index contributed by atoms with van der Waals surface area (Å²) in [5, 5.41) is 3.54. The van der Waals surface area contributed by atoms with E-state index in [9.17, 15) is 4.79 Å². The molecule has 0 aliphatic carbocycles. The van der Waals surface area contributed by atoms with Gasteiger partial charge in [-0.2, -0.15) is 0 Å². The molecule has 0 saturated heterocycles. The van der Waals surface area contributed by atoms with Crippen LogP contribution in [-0.2, 0) is 0 Å². The lowest BCUT2D eigenvalue weighted by molar-refractivity contribution is 0.0938. The van der Waals surface area contributed by atoms with Crippen LogP contribution >= 0.6 is 23.2 Å². The SMILES string of the molecule is CC[C@H](C)NC(=O)c1c(Cl)nc(C)c(Cl)c1C. The van der Waals surface area contributed by atoms with Gasteiger partial charge in [-0.1, -0.05) is 30.1 Å². The summed E-state index contributed by atoms with van der Waals surface area (Å²) in [5.74, 6) is -0.226. The van der Waals surface area contributed by atoms with Gasteiger partial charge in [0.15, 0.2) is 0 Å². The summed E-state index contributed by atoms with van der Waals surface area (Å²) in [6, 6.07) is 0.0954. The Morgan fingerprint density at radius 1 is 1.41 bits per heavy atom. The average Bonchev–Trinajstić information content (AvgIpc) is 2.25. The van der Waals surface area contributed by atoms with Crippen molar-refractivity contribution in [1.82, 2.24) is 10.3 Å². The predicted molar refractivity (Wildman–Crippen MR) is 71.0 cm³/mol. The van der Waals surface area contributed by atoms with E-state index < -0.39 is 0 Å². The number of nitrogens with zero attached hydrogens (tertiary/aromatic N) is 1. The first-order valence-corrected chi connectivity index (χ1v) is 6.27. The smallest absolute Gasteiger partial charge is 0.254 e. The molecule has 0 bridgehead atoms. The highest BCUT2D eigenvalue weighted by Gasteiger charge is 2.19. The van der Waals surface area contributed by atoms with Gasteiger partial charge in [-0.05, 0) is 32.8 Å². The van der Waals surface area contributed by atoms with Gasteiger partial charge in [-0.15, -0.1) is 0 Å². The quantitative estimate of drug-likeness (QED) is 0.857. The molecule has 0 aliphatic heterocycles. The minimum atomic E-state index is -0.226. The molecule has 0 aromatic carbocycles. The first-order chi connectivity index (χ1) is 7.88.